The molecule has 7 nitrogen and oxygen atoms in total. The number of hydrogen-bond acceptors (Lipinski definition) is 5. The molecule has 1 aliphatic heterocycles. The summed E-state index contributed by atoms with van der Waals surface area (Å²) in [6.07, 6.45) is 1.69. The van der Waals surface area contributed by atoms with E-state index in [0.717, 1.165) is 12.8 Å². The molecule has 2 N–H and O–H groups in total. The third kappa shape index (κ3) is 3.10. The predicted octanol–water partition coefficient (Wildman–Crippen LogP) is 3.08. The summed E-state index contributed by atoms with van der Waals surface area (Å²) in [5.41, 5.74) is 1.70. The van der Waals surface area contributed by atoms with Gasteiger partial charge in [0, 0.05) is 28.9 Å². The highest BCUT2D eigenvalue weighted by Gasteiger charge is 2.63. The lowest BCUT2D eigenvalue weighted by Crippen LogP contribution is -2.35. The van der Waals surface area contributed by atoms with Gasteiger partial charge in [-0.15, -0.1) is 0 Å². The number of rotatable bonds is 5. The number of fused-ring (bicyclic) bond motifs is 1. The van der Waals surface area contributed by atoms with E-state index in [1.165, 1.54) is 0 Å². The van der Waals surface area contributed by atoms with Crippen LogP contribution in [-0.2, 0) is 14.3 Å². The quantitative estimate of drug-likeness (QED) is 0.745. The number of nitrogens with one attached hydrogen (secondary N) is 2. The molecule has 30 heavy (non-hydrogen) atoms. The number of ether oxygens (including phenoxy) is 2. The molecule has 2 saturated carbocycles. The Labute approximate surface area is 173 Å². The molecule has 2 aromatic rings. The number of benzene rings is 2. The maximum Gasteiger partial charge on any atom is 0.310 e. The maximum absolute atomic E-state index is 12.8. The summed E-state index contributed by atoms with van der Waals surface area (Å²) in [5.74, 6) is -0.185. The Balaban J connectivity index is 1.23. The first-order valence-corrected chi connectivity index (χ1v) is 10.1. The van der Waals surface area contributed by atoms with E-state index in [0.29, 0.717) is 22.7 Å². The molecule has 1 heterocycles. The summed E-state index contributed by atoms with van der Waals surface area (Å²) in [6, 6.07) is 13.8. The van der Waals surface area contributed by atoms with E-state index < -0.39 is 0 Å². The van der Waals surface area contributed by atoms with E-state index in [-0.39, 0.29) is 47.6 Å². The fraction of sp³-hybridized carbons (Fsp3) is 0.348. The van der Waals surface area contributed by atoms with Gasteiger partial charge in [0.15, 0.2) is 0 Å². The lowest BCUT2D eigenvalue weighted by Gasteiger charge is -2.23. The molecule has 7 heteroatoms. The maximum atomic E-state index is 12.8. The molecule has 5 rings (SSSR count). The van der Waals surface area contributed by atoms with E-state index in [1.807, 2.05) is 0 Å². The van der Waals surface area contributed by atoms with Gasteiger partial charge in [-0.25, -0.2) is 0 Å². The highest BCUT2D eigenvalue weighted by Crippen LogP contribution is 2.57. The van der Waals surface area contributed by atoms with Crippen LogP contribution >= 0.6 is 0 Å². The van der Waals surface area contributed by atoms with Crippen molar-refractivity contribution < 1.29 is 23.9 Å². The zero-order chi connectivity index (χ0) is 20.8. The molecule has 1 saturated heterocycles. The van der Waals surface area contributed by atoms with E-state index in [2.05, 4.69) is 10.6 Å². The summed E-state index contributed by atoms with van der Waals surface area (Å²) in [4.78, 5) is 37.4. The summed E-state index contributed by atoms with van der Waals surface area (Å²) < 4.78 is 10.6. The summed E-state index contributed by atoms with van der Waals surface area (Å²) in [7, 11) is 1.57. The second kappa shape index (κ2) is 7.16. The summed E-state index contributed by atoms with van der Waals surface area (Å²) in [6.45, 7) is 0. The third-order valence-corrected chi connectivity index (χ3v) is 6.53. The molecular formula is C23H22N2O5. The van der Waals surface area contributed by atoms with E-state index in [9.17, 15) is 14.4 Å². The van der Waals surface area contributed by atoms with Gasteiger partial charge in [0.2, 0.25) is 5.91 Å². The number of anilines is 2. The van der Waals surface area contributed by atoms with Crippen molar-refractivity contribution in [3.63, 3.8) is 0 Å². The fourth-order valence-corrected chi connectivity index (χ4v) is 5.20. The molecule has 154 valence electrons. The first-order valence-electron chi connectivity index (χ1n) is 10.1. The standard InChI is InChI=1S/C23H22N2O5/c1-29-16-4-2-3-15(11-16)25-21(26)12-5-7-14(8-6-12)24-22(27)19-13-9-17-18(10-13)30-23(28)20(17)19/h2-8,11,13,17-20H,9-10H2,1H3,(H,24,27)(H,25,26)/t13-,17+,18+,19-,20-/m1/s1. The SMILES string of the molecule is COc1cccc(NC(=O)c2ccc(NC(=O)[C@@H]3[C@@H]4C[C@@H]5[C@H]3C(=O)O[C@H]5C4)cc2)c1. The van der Waals surface area contributed by atoms with Crippen LogP contribution in [-0.4, -0.2) is 31.0 Å². The van der Waals surface area contributed by atoms with Gasteiger partial charge >= 0.3 is 5.97 Å². The Hall–Kier alpha value is -3.35. The van der Waals surface area contributed by atoms with Gasteiger partial charge in [0.1, 0.15) is 11.9 Å². The molecule has 5 atom stereocenters. The van der Waals surface area contributed by atoms with E-state index in [4.69, 9.17) is 9.47 Å². The van der Waals surface area contributed by atoms with Crippen molar-refractivity contribution >= 4 is 29.2 Å². The summed E-state index contributed by atoms with van der Waals surface area (Å²) in [5, 5.41) is 5.73. The van der Waals surface area contributed by atoms with Crippen molar-refractivity contribution in [2.24, 2.45) is 23.7 Å². The topological polar surface area (TPSA) is 93.7 Å². The van der Waals surface area contributed by atoms with Crippen molar-refractivity contribution in [2.45, 2.75) is 18.9 Å². The van der Waals surface area contributed by atoms with Crippen LogP contribution in [0.4, 0.5) is 11.4 Å². The van der Waals surface area contributed by atoms with Crippen LogP contribution in [0.1, 0.15) is 23.2 Å². The van der Waals surface area contributed by atoms with Crippen LogP contribution in [0.3, 0.4) is 0 Å². The van der Waals surface area contributed by atoms with Gasteiger partial charge in [0.05, 0.1) is 18.9 Å². The van der Waals surface area contributed by atoms with Gasteiger partial charge < -0.3 is 20.1 Å². The average Bonchev–Trinajstić information content (AvgIpc) is 3.37. The molecule has 0 radical (unpaired) electrons. The van der Waals surface area contributed by atoms with E-state index >= 15 is 0 Å². The Bertz CT molecular complexity index is 1020. The molecular weight excluding hydrogens is 384 g/mol. The Kier molecular flexibility index (Phi) is 4.46. The highest BCUT2D eigenvalue weighted by atomic mass is 16.6. The molecule has 3 fully saturated rings. The second-order valence-corrected chi connectivity index (χ2v) is 8.17. The van der Waals surface area contributed by atoms with Crippen molar-refractivity contribution in [1.29, 1.82) is 0 Å². The monoisotopic (exact) mass is 406 g/mol. The van der Waals surface area contributed by atoms with Crippen LogP contribution in [0.5, 0.6) is 5.75 Å². The summed E-state index contributed by atoms with van der Waals surface area (Å²) >= 11 is 0. The minimum absolute atomic E-state index is 0.0129. The van der Waals surface area contributed by atoms with Gasteiger partial charge in [-0.05, 0) is 55.2 Å². The zero-order valence-electron chi connectivity index (χ0n) is 16.5. The minimum Gasteiger partial charge on any atom is -0.497 e. The van der Waals surface area contributed by atoms with Crippen LogP contribution < -0.4 is 15.4 Å². The number of methoxy groups -OCH3 is 1. The van der Waals surface area contributed by atoms with E-state index in [1.54, 1.807) is 55.6 Å². The number of carbonyl (C=O) groups excluding carboxylic acids is 3. The predicted molar refractivity (Wildman–Crippen MR) is 109 cm³/mol. The van der Waals surface area contributed by atoms with Gasteiger partial charge in [-0.3, -0.25) is 14.4 Å². The Morgan fingerprint density at radius 3 is 2.60 bits per heavy atom. The van der Waals surface area contributed by atoms with Gasteiger partial charge in [-0.1, -0.05) is 6.07 Å². The first kappa shape index (κ1) is 18.7. The molecule has 2 bridgehead atoms. The second-order valence-electron chi connectivity index (χ2n) is 8.17. The molecule has 0 aromatic heterocycles. The molecule has 3 aliphatic rings. The smallest absolute Gasteiger partial charge is 0.310 e. The number of carbonyl (C=O) groups is 3. The number of esters is 1. The van der Waals surface area contributed by atoms with Crippen molar-refractivity contribution in [3.8, 4) is 5.75 Å². The number of hydrogen-bond donors (Lipinski definition) is 2. The molecule has 2 aromatic carbocycles. The van der Waals surface area contributed by atoms with Crippen LogP contribution in [0.15, 0.2) is 48.5 Å². The third-order valence-electron chi connectivity index (χ3n) is 6.53. The molecule has 2 aliphatic carbocycles. The minimum atomic E-state index is -0.322. The number of amides is 2. The van der Waals surface area contributed by atoms with Gasteiger partial charge in [-0.2, -0.15) is 0 Å². The molecule has 0 spiro atoms. The first-order chi connectivity index (χ1) is 14.5. The lowest BCUT2D eigenvalue weighted by atomic mass is 9.79. The van der Waals surface area contributed by atoms with Crippen LogP contribution in [0.25, 0.3) is 0 Å². The van der Waals surface area contributed by atoms with Gasteiger partial charge in [0.25, 0.3) is 5.91 Å². The molecule has 2 amide bonds. The van der Waals surface area contributed by atoms with Crippen LogP contribution in [0, 0.1) is 23.7 Å². The highest BCUT2D eigenvalue weighted by molar-refractivity contribution is 6.05. The van der Waals surface area contributed by atoms with Crippen LogP contribution in [0.2, 0.25) is 0 Å². The van der Waals surface area contributed by atoms with Crippen molar-refractivity contribution in [2.75, 3.05) is 17.7 Å². The molecule has 0 unspecified atom stereocenters. The van der Waals surface area contributed by atoms with Crippen molar-refractivity contribution in [3.05, 3.63) is 54.1 Å². The normalized spacial score (nSPS) is 28.2. The van der Waals surface area contributed by atoms with Crippen molar-refractivity contribution in [1.82, 2.24) is 0 Å². The average molecular weight is 406 g/mol. The lowest BCUT2D eigenvalue weighted by molar-refractivity contribution is -0.145. The Morgan fingerprint density at radius 2 is 1.83 bits per heavy atom. The zero-order valence-corrected chi connectivity index (χ0v) is 16.5. The Morgan fingerprint density at radius 1 is 1.03 bits per heavy atom. The largest absolute Gasteiger partial charge is 0.497 e. The fourth-order valence-electron chi connectivity index (χ4n) is 5.20.